The Hall–Kier alpha value is -3.54. The van der Waals surface area contributed by atoms with Crippen molar-refractivity contribution in [3.63, 3.8) is 0 Å². The van der Waals surface area contributed by atoms with Crippen molar-refractivity contribution in [2.24, 2.45) is 5.73 Å². The highest BCUT2D eigenvalue weighted by atomic mass is 32.2. The van der Waals surface area contributed by atoms with E-state index in [1.807, 2.05) is 5.32 Å². The van der Waals surface area contributed by atoms with Crippen molar-refractivity contribution in [3.8, 4) is 11.8 Å². The van der Waals surface area contributed by atoms with E-state index in [9.17, 15) is 35.7 Å². The minimum absolute atomic E-state index is 0.0101. The van der Waals surface area contributed by atoms with Crippen molar-refractivity contribution in [3.05, 3.63) is 30.0 Å². The van der Waals surface area contributed by atoms with Gasteiger partial charge in [-0.1, -0.05) is 0 Å². The van der Waals surface area contributed by atoms with E-state index in [2.05, 4.69) is 15.0 Å². The number of nitrogens with one attached hydrogen (secondary N) is 2. The monoisotopic (exact) mass is 588 g/mol. The van der Waals surface area contributed by atoms with Crippen LogP contribution in [0.25, 0.3) is 0 Å². The minimum Gasteiger partial charge on any atom is -0.481 e. The lowest BCUT2D eigenvalue weighted by Gasteiger charge is -2.13. The maximum absolute atomic E-state index is 12.9. The standard InChI is InChI=1S/C13H12F3N5O5S.C5H12NO4P/c1-25-8-6-9(26-2)19-11(18-8)20-12(22)21-27(23,24)10-7(13(14,15)16)4-3-5-17-10;1-11(9,10)3-2-4(6)5(7)8/h3-6H,1-2H3,(H2,18,19,20,21,22);4H,2-3,6H2,1H3,(H,7,8)(H,9,10). The molecule has 212 valence electrons. The third-order valence-electron chi connectivity index (χ3n) is 4.05. The second-order valence-corrected chi connectivity index (χ2v) is 11.3. The van der Waals surface area contributed by atoms with Crippen molar-refractivity contribution < 1.29 is 55.2 Å². The first kappa shape index (κ1) is 32.5. The molecule has 0 radical (unpaired) electrons. The number of ether oxygens (including phenoxy) is 2. The minimum atomic E-state index is -4.99. The summed E-state index contributed by atoms with van der Waals surface area (Å²) in [4.78, 5) is 41.4. The summed E-state index contributed by atoms with van der Waals surface area (Å²) in [6, 6.07) is 0.274. The summed E-state index contributed by atoms with van der Waals surface area (Å²) in [7, 11) is -5.49. The van der Waals surface area contributed by atoms with Crippen LogP contribution < -0.4 is 25.2 Å². The Bertz CT molecular complexity index is 1270. The molecule has 2 heterocycles. The van der Waals surface area contributed by atoms with Crippen LogP contribution in [0.15, 0.2) is 29.4 Å². The zero-order chi connectivity index (χ0) is 29.3. The number of nitrogens with two attached hydrogens (primary N) is 1. The largest absolute Gasteiger partial charge is 0.481 e. The number of aromatic nitrogens is 3. The maximum Gasteiger partial charge on any atom is 0.419 e. The molecule has 0 aliphatic heterocycles. The molecule has 0 saturated carbocycles. The van der Waals surface area contributed by atoms with Gasteiger partial charge in [0, 0.05) is 19.0 Å². The van der Waals surface area contributed by atoms with E-state index >= 15 is 0 Å². The van der Waals surface area contributed by atoms with Gasteiger partial charge in [-0.3, -0.25) is 14.7 Å². The third-order valence-corrected chi connectivity index (χ3v) is 6.43. The van der Waals surface area contributed by atoms with E-state index in [0.717, 1.165) is 12.3 Å². The van der Waals surface area contributed by atoms with Gasteiger partial charge in [-0.2, -0.15) is 31.6 Å². The predicted octanol–water partition coefficient (Wildman–Crippen LogP) is 1.11. The molecule has 6 N–H and O–H groups in total. The number of sulfonamides is 1. The molecule has 38 heavy (non-hydrogen) atoms. The molecule has 0 spiro atoms. The molecule has 0 aliphatic carbocycles. The summed E-state index contributed by atoms with van der Waals surface area (Å²) in [5.41, 5.74) is 3.57. The molecule has 0 aromatic carbocycles. The fraction of sp³-hybridized carbons (Fsp3) is 0.389. The molecule has 2 rings (SSSR count). The summed E-state index contributed by atoms with van der Waals surface area (Å²) in [6.45, 7) is 1.18. The Kier molecular flexibility index (Phi) is 11.4. The molecule has 15 nitrogen and oxygen atoms in total. The molecule has 0 bridgehead atoms. The number of rotatable bonds is 9. The van der Waals surface area contributed by atoms with Gasteiger partial charge in [0.25, 0.3) is 10.0 Å². The van der Waals surface area contributed by atoms with Crippen molar-refractivity contribution in [1.29, 1.82) is 0 Å². The second kappa shape index (κ2) is 13.3. The van der Waals surface area contributed by atoms with Crippen LogP contribution in [0.4, 0.5) is 23.9 Å². The van der Waals surface area contributed by atoms with Crippen LogP contribution in [0.1, 0.15) is 12.0 Å². The van der Waals surface area contributed by atoms with E-state index < -0.39 is 58.1 Å². The highest BCUT2D eigenvalue weighted by molar-refractivity contribution is 7.90. The summed E-state index contributed by atoms with van der Waals surface area (Å²) < 4.78 is 84.8. The number of carboxylic acids is 1. The van der Waals surface area contributed by atoms with Crippen LogP contribution in [-0.4, -0.2) is 78.5 Å². The van der Waals surface area contributed by atoms with Gasteiger partial charge in [0.05, 0.1) is 25.8 Å². The van der Waals surface area contributed by atoms with Gasteiger partial charge in [0.1, 0.15) is 6.04 Å². The highest BCUT2D eigenvalue weighted by Crippen LogP contribution is 2.35. The fourth-order valence-corrected chi connectivity index (χ4v) is 4.11. The van der Waals surface area contributed by atoms with Crippen molar-refractivity contribution in [1.82, 2.24) is 19.7 Å². The number of carbonyl (C=O) groups excluding carboxylic acids is 1. The van der Waals surface area contributed by atoms with Gasteiger partial charge < -0.3 is 25.2 Å². The molecule has 2 atom stereocenters. The quantitative estimate of drug-likeness (QED) is 0.259. The van der Waals surface area contributed by atoms with Gasteiger partial charge in [-0.25, -0.2) is 14.5 Å². The number of halogens is 3. The van der Waals surface area contributed by atoms with E-state index in [-0.39, 0.29) is 24.3 Å². The van der Waals surface area contributed by atoms with Gasteiger partial charge in [0.15, 0.2) is 12.4 Å². The number of aliphatic carboxylic acids is 1. The summed E-state index contributed by atoms with van der Waals surface area (Å²) in [5, 5.41) is 8.89. The number of hydrogen-bond acceptors (Lipinski definition) is 11. The normalized spacial score (nSPS) is 13.7. The number of alkyl halides is 3. The number of anilines is 1. The first-order valence-electron chi connectivity index (χ1n) is 10.0. The number of carbonyl (C=O) groups is 2. The van der Waals surface area contributed by atoms with E-state index in [0.29, 0.717) is 6.07 Å². The van der Waals surface area contributed by atoms with Crippen LogP contribution in [0.3, 0.4) is 0 Å². The van der Waals surface area contributed by atoms with E-state index in [1.54, 1.807) is 0 Å². The zero-order valence-electron chi connectivity index (χ0n) is 20.0. The Balaban J connectivity index is 0.000000554. The Morgan fingerprint density at radius 2 is 1.76 bits per heavy atom. The van der Waals surface area contributed by atoms with Crippen molar-refractivity contribution in [2.45, 2.75) is 23.7 Å². The lowest BCUT2D eigenvalue weighted by Crippen LogP contribution is -2.36. The zero-order valence-corrected chi connectivity index (χ0v) is 21.7. The maximum atomic E-state index is 12.9. The Morgan fingerprint density at radius 3 is 2.21 bits per heavy atom. The fourth-order valence-electron chi connectivity index (χ4n) is 2.29. The van der Waals surface area contributed by atoms with Crippen LogP contribution in [0.2, 0.25) is 0 Å². The SMILES string of the molecule is COc1cc(OC)nc(NC(=O)NS(=O)(=O)c2ncccc2C(F)(F)F)n1.CP(=O)(O)CCC(N)C(=O)O. The summed E-state index contributed by atoms with van der Waals surface area (Å²) in [5.74, 6) is -1.57. The number of nitrogens with zero attached hydrogens (tertiary/aromatic N) is 3. The number of methoxy groups -OCH3 is 2. The topological polar surface area (TPSA) is 233 Å². The molecule has 2 aromatic rings. The molecule has 20 heteroatoms. The van der Waals surface area contributed by atoms with Gasteiger partial charge >= 0.3 is 18.2 Å². The van der Waals surface area contributed by atoms with E-state index in [1.165, 1.54) is 31.7 Å². The number of urea groups is 1. The molecular weight excluding hydrogens is 564 g/mol. The molecular formula is C18H24F3N6O9PS. The molecule has 0 saturated heterocycles. The van der Waals surface area contributed by atoms with Gasteiger partial charge in [-0.05, 0) is 18.6 Å². The average Bonchev–Trinajstić information content (AvgIpc) is 2.81. The lowest BCUT2D eigenvalue weighted by molar-refractivity contribution is -0.140. The van der Waals surface area contributed by atoms with Crippen LogP contribution >= 0.6 is 7.37 Å². The highest BCUT2D eigenvalue weighted by Gasteiger charge is 2.38. The smallest absolute Gasteiger partial charge is 0.419 e. The second-order valence-electron chi connectivity index (χ2n) is 7.20. The van der Waals surface area contributed by atoms with Crippen molar-refractivity contribution in [2.75, 3.05) is 32.4 Å². The lowest BCUT2D eigenvalue weighted by atomic mass is 10.2. The van der Waals surface area contributed by atoms with Crippen LogP contribution in [0.5, 0.6) is 11.8 Å². The molecule has 2 unspecified atom stereocenters. The average molecular weight is 588 g/mol. The Morgan fingerprint density at radius 1 is 1.21 bits per heavy atom. The predicted molar refractivity (Wildman–Crippen MR) is 125 cm³/mol. The number of pyridine rings is 1. The summed E-state index contributed by atoms with van der Waals surface area (Å²) >= 11 is 0. The number of carboxylic acid groups (broad SMARTS) is 1. The number of hydrogen-bond donors (Lipinski definition) is 5. The molecule has 0 fully saturated rings. The summed E-state index contributed by atoms with van der Waals surface area (Å²) in [6.07, 6.45) is -4.14. The molecule has 2 amide bonds. The van der Waals surface area contributed by atoms with Gasteiger partial charge in [-0.15, -0.1) is 0 Å². The first-order valence-corrected chi connectivity index (χ1v) is 13.8. The number of amides is 2. The third kappa shape index (κ3) is 10.8. The Labute approximate surface area is 214 Å². The van der Waals surface area contributed by atoms with E-state index in [4.69, 9.17) is 25.2 Å². The van der Waals surface area contributed by atoms with Crippen LogP contribution in [-0.2, 0) is 25.6 Å². The first-order chi connectivity index (χ1) is 17.4. The molecule has 0 aliphatic rings. The molecule has 2 aromatic heterocycles. The van der Waals surface area contributed by atoms with Gasteiger partial charge in [0.2, 0.25) is 17.7 Å². The van der Waals surface area contributed by atoms with Crippen LogP contribution in [0, 0.1) is 0 Å². The van der Waals surface area contributed by atoms with Crippen molar-refractivity contribution >= 4 is 35.3 Å².